The largest absolute Gasteiger partial charge is 0.317 e. The highest BCUT2D eigenvalue weighted by atomic mass is 19.1. The third-order valence-electron chi connectivity index (χ3n) is 7.22. The molecule has 33 heavy (non-hydrogen) atoms. The lowest BCUT2D eigenvalue weighted by atomic mass is 9.74. The Kier molecular flexibility index (Phi) is 5.98. The standard InChI is InChI=1S/C28H28F2N2O/c29-22-7-3-20(4-8-22)24(21-5-9-23(30)10-6-21)11-12-27(33)32-19-1-2-25-26(32)13-14-28(25)15-17-31-18-16-28/h1-10,13-14,24,31H,11-12,15-19H2. The van der Waals surface area contributed by atoms with Crippen molar-refractivity contribution < 1.29 is 13.6 Å². The molecular formula is C28H28F2N2O. The Morgan fingerprint density at radius 1 is 0.939 bits per heavy atom. The summed E-state index contributed by atoms with van der Waals surface area (Å²) in [4.78, 5) is 15.3. The van der Waals surface area contributed by atoms with Crippen LogP contribution in [0.5, 0.6) is 0 Å². The minimum absolute atomic E-state index is 0.0425. The first-order chi connectivity index (χ1) is 16.1. The SMILES string of the molecule is O=C(CCC(c1ccc(F)cc1)c1ccc(F)cc1)N1CC=CC2=C1C=CC21CCNCC1. The Morgan fingerprint density at radius 3 is 2.15 bits per heavy atom. The first kappa shape index (κ1) is 21.8. The van der Waals surface area contributed by atoms with Gasteiger partial charge in [0.15, 0.2) is 0 Å². The Bertz CT molecular complexity index is 1060. The summed E-state index contributed by atoms with van der Waals surface area (Å²) in [5, 5.41) is 3.43. The van der Waals surface area contributed by atoms with Gasteiger partial charge in [-0.05, 0) is 79.4 Å². The van der Waals surface area contributed by atoms with E-state index in [1.54, 1.807) is 24.3 Å². The third kappa shape index (κ3) is 4.30. The minimum atomic E-state index is -0.299. The minimum Gasteiger partial charge on any atom is -0.317 e. The number of nitrogens with one attached hydrogen (secondary N) is 1. The molecule has 1 aliphatic carbocycles. The number of benzene rings is 2. The van der Waals surface area contributed by atoms with E-state index < -0.39 is 0 Å². The van der Waals surface area contributed by atoms with Gasteiger partial charge in [-0.15, -0.1) is 0 Å². The fourth-order valence-corrected chi connectivity index (χ4v) is 5.40. The van der Waals surface area contributed by atoms with Gasteiger partial charge in [-0.2, -0.15) is 0 Å². The first-order valence-electron chi connectivity index (χ1n) is 11.7. The van der Waals surface area contributed by atoms with E-state index in [0.717, 1.165) is 42.8 Å². The summed E-state index contributed by atoms with van der Waals surface area (Å²) >= 11 is 0. The Balaban J connectivity index is 1.35. The summed E-state index contributed by atoms with van der Waals surface area (Å²) in [5.74, 6) is -0.630. The molecule has 1 N–H and O–H groups in total. The number of hydrogen-bond donors (Lipinski definition) is 1. The second-order valence-electron chi connectivity index (χ2n) is 9.14. The zero-order valence-corrected chi connectivity index (χ0v) is 18.6. The van der Waals surface area contributed by atoms with Gasteiger partial charge in [-0.25, -0.2) is 8.78 Å². The highest BCUT2D eigenvalue weighted by Crippen LogP contribution is 2.47. The number of nitrogens with zero attached hydrogens (tertiary/aromatic N) is 1. The summed E-state index contributed by atoms with van der Waals surface area (Å²) in [6, 6.07) is 12.7. The van der Waals surface area contributed by atoms with Crippen LogP contribution in [0.4, 0.5) is 8.78 Å². The van der Waals surface area contributed by atoms with E-state index in [1.165, 1.54) is 29.8 Å². The second-order valence-corrected chi connectivity index (χ2v) is 9.14. The fraction of sp³-hybridized carbons (Fsp3) is 0.321. The number of carbonyl (C=O) groups excluding carboxylic acids is 1. The van der Waals surface area contributed by atoms with Crippen molar-refractivity contribution >= 4 is 5.91 Å². The van der Waals surface area contributed by atoms with Gasteiger partial charge >= 0.3 is 0 Å². The third-order valence-corrected chi connectivity index (χ3v) is 7.22. The fourth-order valence-electron chi connectivity index (χ4n) is 5.40. The number of carbonyl (C=O) groups is 1. The summed E-state index contributed by atoms with van der Waals surface area (Å²) < 4.78 is 27.0. The monoisotopic (exact) mass is 446 g/mol. The first-order valence-corrected chi connectivity index (χ1v) is 11.7. The van der Waals surface area contributed by atoms with Crippen LogP contribution in [0.15, 0.2) is 84.1 Å². The van der Waals surface area contributed by atoms with Crippen molar-refractivity contribution in [3.05, 3.63) is 107 Å². The normalized spacial score (nSPS) is 18.9. The van der Waals surface area contributed by atoms with E-state index >= 15 is 0 Å². The summed E-state index contributed by atoms with van der Waals surface area (Å²) in [6.45, 7) is 2.55. The lowest BCUT2D eigenvalue weighted by Crippen LogP contribution is -2.38. The van der Waals surface area contributed by atoms with E-state index in [-0.39, 0.29) is 28.9 Å². The molecule has 0 bridgehead atoms. The molecule has 0 saturated carbocycles. The molecule has 1 amide bonds. The molecule has 3 nitrogen and oxygen atoms in total. The number of rotatable bonds is 5. The molecular weight excluding hydrogens is 418 g/mol. The molecule has 2 heterocycles. The highest BCUT2D eigenvalue weighted by molar-refractivity contribution is 5.80. The number of piperidine rings is 1. The van der Waals surface area contributed by atoms with Crippen molar-refractivity contribution in [3.63, 3.8) is 0 Å². The van der Waals surface area contributed by atoms with Gasteiger partial charge in [0.05, 0.1) is 0 Å². The predicted octanol–water partition coefficient (Wildman–Crippen LogP) is 5.47. The predicted molar refractivity (Wildman–Crippen MR) is 125 cm³/mol. The number of allylic oxidation sites excluding steroid dienone is 4. The molecule has 0 aromatic heterocycles. The Labute approximate surface area is 193 Å². The van der Waals surface area contributed by atoms with Gasteiger partial charge in [0.2, 0.25) is 5.91 Å². The van der Waals surface area contributed by atoms with Gasteiger partial charge < -0.3 is 10.2 Å². The summed E-state index contributed by atoms with van der Waals surface area (Å²) in [5.41, 5.74) is 4.18. The zero-order chi connectivity index (χ0) is 22.8. The highest BCUT2D eigenvalue weighted by Gasteiger charge is 2.40. The van der Waals surface area contributed by atoms with Crippen molar-refractivity contribution in [2.75, 3.05) is 19.6 Å². The van der Waals surface area contributed by atoms with Crippen LogP contribution in [0, 0.1) is 17.0 Å². The van der Waals surface area contributed by atoms with Crippen molar-refractivity contribution in [3.8, 4) is 0 Å². The molecule has 3 aliphatic rings. The van der Waals surface area contributed by atoms with Crippen molar-refractivity contribution in [1.82, 2.24) is 10.2 Å². The maximum atomic E-state index is 13.5. The topological polar surface area (TPSA) is 32.3 Å². The van der Waals surface area contributed by atoms with Crippen molar-refractivity contribution in [1.29, 1.82) is 0 Å². The summed E-state index contributed by atoms with van der Waals surface area (Å²) in [7, 11) is 0. The van der Waals surface area contributed by atoms with Gasteiger partial charge in [0, 0.05) is 30.0 Å². The van der Waals surface area contributed by atoms with Gasteiger partial charge in [-0.3, -0.25) is 4.79 Å². The molecule has 2 aliphatic heterocycles. The number of fused-ring (bicyclic) bond motifs is 1. The molecule has 1 saturated heterocycles. The molecule has 2 aromatic carbocycles. The molecule has 2 aromatic rings. The van der Waals surface area contributed by atoms with Crippen LogP contribution in [-0.2, 0) is 4.79 Å². The maximum Gasteiger partial charge on any atom is 0.227 e. The van der Waals surface area contributed by atoms with E-state index in [4.69, 9.17) is 0 Å². The van der Waals surface area contributed by atoms with Crippen LogP contribution in [0.1, 0.15) is 42.7 Å². The van der Waals surface area contributed by atoms with Crippen LogP contribution < -0.4 is 5.32 Å². The van der Waals surface area contributed by atoms with Crippen molar-refractivity contribution in [2.45, 2.75) is 31.6 Å². The Hall–Kier alpha value is -3.05. The average Bonchev–Trinajstić information content (AvgIpc) is 3.19. The molecule has 5 rings (SSSR count). The molecule has 5 heteroatoms. The van der Waals surface area contributed by atoms with Gasteiger partial charge in [-0.1, -0.05) is 42.5 Å². The smallest absolute Gasteiger partial charge is 0.227 e. The molecule has 170 valence electrons. The van der Waals surface area contributed by atoms with E-state index in [2.05, 4.69) is 29.6 Å². The molecule has 1 fully saturated rings. The number of halogens is 2. The molecule has 0 radical (unpaired) electrons. The molecule has 0 unspecified atom stereocenters. The van der Waals surface area contributed by atoms with Gasteiger partial charge in [0.25, 0.3) is 0 Å². The van der Waals surface area contributed by atoms with Crippen LogP contribution >= 0.6 is 0 Å². The maximum absolute atomic E-state index is 13.5. The lowest BCUT2D eigenvalue weighted by molar-refractivity contribution is -0.128. The zero-order valence-electron chi connectivity index (χ0n) is 18.6. The lowest BCUT2D eigenvalue weighted by Gasteiger charge is -2.37. The average molecular weight is 447 g/mol. The Morgan fingerprint density at radius 2 is 1.55 bits per heavy atom. The van der Waals surface area contributed by atoms with Crippen LogP contribution in [-0.4, -0.2) is 30.4 Å². The van der Waals surface area contributed by atoms with Crippen molar-refractivity contribution in [2.24, 2.45) is 5.41 Å². The quantitative estimate of drug-likeness (QED) is 0.661. The number of hydrogen-bond acceptors (Lipinski definition) is 2. The second kappa shape index (κ2) is 9.06. The number of amides is 1. The van der Waals surface area contributed by atoms with Crippen LogP contribution in [0.25, 0.3) is 0 Å². The van der Waals surface area contributed by atoms with Gasteiger partial charge in [0.1, 0.15) is 11.6 Å². The van der Waals surface area contributed by atoms with Crippen LogP contribution in [0.2, 0.25) is 0 Å². The molecule has 1 spiro atoms. The molecule has 0 atom stereocenters. The van der Waals surface area contributed by atoms with Crippen LogP contribution in [0.3, 0.4) is 0 Å². The van der Waals surface area contributed by atoms with E-state index in [1.807, 2.05) is 4.90 Å². The van der Waals surface area contributed by atoms with E-state index in [0.29, 0.717) is 19.4 Å². The summed E-state index contributed by atoms with van der Waals surface area (Å²) in [6.07, 6.45) is 11.7. The van der Waals surface area contributed by atoms with E-state index in [9.17, 15) is 13.6 Å².